The van der Waals surface area contributed by atoms with Crippen LogP contribution in [0.5, 0.6) is 0 Å². The molecule has 0 spiro atoms. The number of aryl methyl sites for hydroxylation is 1. The summed E-state index contributed by atoms with van der Waals surface area (Å²) in [6.07, 6.45) is 4.33. The van der Waals surface area contributed by atoms with Crippen LogP contribution in [-0.4, -0.2) is 54.5 Å². The largest absolute Gasteiger partial charge is 0.384 e. The van der Waals surface area contributed by atoms with Gasteiger partial charge in [-0.1, -0.05) is 0 Å². The van der Waals surface area contributed by atoms with Crippen LogP contribution < -0.4 is 0 Å². The van der Waals surface area contributed by atoms with E-state index >= 15 is 0 Å². The first-order chi connectivity index (χ1) is 9.78. The van der Waals surface area contributed by atoms with Gasteiger partial charge < -0.3 is 14.0 Å². The molecule has 3 heterocycles. The molecular weight excluding hydrogens is 254 g/mol. The maximum Gasteiger partial charge on any atom is 0.0949 e. The standard InChI is InChI=1S/C15H25N3O2/c1-17-11-16-14-9-18(7-12-3-5-20-6-4-12)8-13(10-19-2)15(14)17/h11-13H,3-10H2,1-2H3/t13-/m1/s1. The van der Waals surface area contributed by atoms with Crippen molar-refractivity contribution in [1.29, 1.82) is 0 Å². The second-order valence-electron chi connectivity index (χ2n) is 6.09. The molecule has 0 radical (unpaired) electrons. The van der Waals surface area contributed by atoms with Crippen LogP contribution >= 0.6 is 0 Å². The van der Waals surface area contributed by atoms with Gasteiger partial charge in [-0.3, -0.25) is 4.90 Å². The van der Waals surface area contributed by atoms with E-state index in [4.69, 9.17) is 9.47 Å². The highest BCUT2D eigenvalue weighted by Crippen LogP contribution is 2.29. The minimum absolute atomic E-state index is 0.441. The van der Waals surface area contributed by atoms with Gasteiger partial charge in [0.15, 0.2) is 0 Å². The number of ether oxygens (including phenoxy) is 2. The van der Waals surface area contributed by atoms with E-state index in [1.54, 1.807) is 7.11 Å². The van der Waals surface area contributed by atoms with E-state index in [2.05, 4.69) is 21.5 Å². The lowest BCUT2D eigenvalue weighted by atomic mass is 9.95. The molecule has 1 aromatic rings. The van der Waals surface area contributed by atoms with Crippen molar-refractivity contribution in [3.8, 4) is 0 Å². The molecule has 0 aliphatic carbocycles. The molecule has 0 N–H and O–H groups in total. The summed E-state index contributed by atoms with van der Waals surface area (Å²) in [6, 6.07) is 0. The van der Waals surface area contributed by atoms with Gasteiger partial charge in [0.05, 0.1) is 18.6 Å². The summed E-state index contributed by atoms with van der Waals surface area (Å²) < 4.78 is 13.0. The van der Waals surface area contributed by atoms with E-state index in [1.165, 1.54) is 30.8 Å². The van der Waals surface area contributed by atoms with Crippen LogP contribution in [0.2, 0.25) is 0 Å². The first kappa shape index (κ1) is 14.0. The lowest BCUT2D eigenvalue weighted by Gasteiger charge is -2.35. The fourth-order valence-corrected chi connectivity index (χ4v) is 3.57. The molecule has 1 aromatic heterocycles. The molecule has 1 fully saturated rings. The number of imidazole rings is 1. The number of hydrogen-bond acceptors (Lipinski definition) is 4. The van der Waals surface area contributed by atoms with E-state index < -0.39 is 0 Å². The van der Waals surface area contributed by atoms with Gasteiger partial charge in [-0.2, -0.15) is 0 Å². The molecule has 5 heteroatoms. The lowest BCUT2D eigenvalue weighted by molar-refractivity contribution is 0.0456. The molecule has 20 heavy (non-hydrogen) atoms. The maximum absolute atomic E-state index is 5.45. The molecule has 1 atom stereocenters. The lowest BCUT2D eigenvalue weighted by Crippen LogP contribution is -2.40. The molecule has 0 amide bonds. The molecule has 1 saturated heterocycles. The molecule has 3 rings (SSSR count). The molecule has 2 aliphatic rings. The van der Waals surface area contributed by atoms with Crippen molar-refractivity contribution in [2.24, 2.45) is 13.0 Å². The van der Waals surface area contributed by atoms with Gasteiger partial charge in [0, 0.05) is 58.6 Å². The minimum atomic E-state index is 0.441. The van der Waals surface area contributed by atoms with E-state index in [0.717, 1.165) is 38.8 Å². The topological polar surface area (TPSA) is 39.5 Å². The Labute approximate surface area is 120 Å². The monoisotopic (exact) mass is 279 g/mol. The zero-order valence-electron chi connectivity index (χ0n) is 12.5. The van der Waals surface area contributed by atoms with Crippen LogP contribution in [0.4, 0.5) is 0 Å². The third kappa shape index (κ3) is 2.90. The second kappa shape index (κ2) is 6.24. The molecule has 0 saturated carbocycles. The summed E-state index contributed by atoms with van der Waals surface area (Å²) in [5.74, 6) is 1.22. The quantitative estimate of drug-likeness (QED) is 0.835. The number of nitrogens with zero attached hydrogens (tertiary/aromatic N) is 3. The van der Waals surface area contributed by atoms with Crippen molar-refractivity contribution in [3.05, 3.63) is 17.7 Å². The first-order valence-electron chi connectivity index (χ1n) is 7.57. The third-order valence-corrected chi connectivity index (χ3v) is 4.53. The van der Waals surface area contributed by atoms with Crippen molar-refractivity contribution < 1.29 is 9.47 Å². The van der Waals surface area contributed by atoms with Crippen LogP contribution in [0.15, 0.2) is 6.33 Å². The Balaban J connectivity index is 1.69. The SMILES string of the molecule is COC[C@H]1CN(CC2CCOCC2)Cc2ncn(C)c21. The van der Waals surface area contributed by atoms with Crippen LogP contribution in [0, 0.1) is 5.92 Å². The molecule has 2 aliphatic heterocycles. The van der Waals surface area contributed by atoms with Gasteiger partial charge in [0.25, 0.3) is 0 Å². The Bertz CT molecular complexity index is 440. The average Bonchev–Trinajstić information content (AvgIpc) is 2.82. The summed E-state index contributed by atoms with van der Waals surface area (Å²) in [7, 11) is 3.87. The number of hydrogen-bond donors (Lipinski definition) is 0. The second-order valence-corrected chi connectivity index (χ2v) is 6.09. The number of aromatic nitrogens is 2. The first-order valence-corrected chi connectivity index (χ1v) is 7.57. The van der Waals surface area contributed by atoms with E-state index in [1.807, 2.05) is 6.33 Å². The molecule has 112 valence electrons. The molecule has 0 aromatic carbocycles. The van der Waals surface area contributed by atoms with Crippen LogP contribution in [0.25, 0.3) is 0 Å². The summed E-state index contributed by atoms with van der Waals surface area (Å²) in [4.78, 5) is 7.12. The van der Waals surface area contributed by atoms with Crippen LogP contribution in [-0.2, 0) is 23.1 Å². The highest BCUT2D eigenvalue weighted by Gasteiger charge is 2.30. The summed E-state index contributed by atoms with van der Waals surface area (Å²) in [6.45, 7) is 5.85. The average molecular weight is 279 g/mol. The van der Waals surface area contributed by atoms with Crippen molar-refractivity contribution in [3.63, 3.8) is 0 Å². The fraction of sp³-hybridized carbons (Fsp3) is 0.800. The highest BCUT2D eigenvalue weighted by atomic mass is 16.5. The zero-order valence-corrected chi connectivity index (χ0v) is 12.5. The fourth-order valence-electron chi connectivity index (χ4n) is 3.57. The highest BCUT2D eigenvalue weighted by molar-refractivity contribution is 5.21. The van der Waals surface area contributed by atoms with Crippen LogP contribution in [0.1, 0.15) is 30.1 Å². The van der Waals surface area contributed by atoms with Crippen molar-refractivity contribution in [1.82, 2.24) is 14.5 Å². The minimum Gasteiger partial charge on any atom is -0.384 e. The Morgan fingerprint density at radius 1 is 1.40 bits per heavy atom. The molecule has 5 nitrogen and oxygen atoms in total. The van der Waals surface area contributed by atoms with E-state index in [0.29, 0.717) is 5.92 Å². The number of fused-ring (bicyclic) bond motifs is 1. The van der Waals surface area contributed by atoms with Crippen LogP contribution in [0.3, 0.4) is 0 Å². The summed E-state index contributed by atoms with van der Waals surface area (Å²) >= 11 is 0. The van der Waals surface area contributed by atoms with Gasteiger partial charge in [-0.25, -0.2) is 4.98 Å². The van der Waals surface area contributed by atoms with Crippen molar-refractivity contribution in [2.45, 2.75) is 25.3 Å². The number of rotatable bonds is 4. The summed E-state index contributed by atoms with van der Waals surface area (Å²) in [5, 5.41) is 0. The van der Waals surface area contributed by atoms with Gasteiger partial charge in [0.2, 0.25) is 0 Å². The Morgan fingerprint density at radius 3 is 2.95 bits per heavy atom. The Morgan fingerprint density at radius 2 is 2.20 bits per heavy atom. The van der Waals surface area contributed by atoms with Gasteiger partial charge in [-0.15, -0.1) is 0 Å². The normalized spacial score (nSPS) is 24.8. The molecule has 0 bridgehead atoms. The molecule has 0 unspecified atom stereocenters. The predicted octanol–water partition coefficient (Wildman–Crippen LogP) is 1.39. The third-order valence-electron chi connectivity index (χ3n) is 4.53. The molecular formula is C15H25N3O2. The van der Waals surface area contributed by atoms with Gasteiger partial charge >= 0.3 is 0 Å². The zero-order chi connectivity index (χ0) is 13.9. The van der Waals surface area contributed by atoms with Gasteiger partial charge in [-0.05, 0) is 18.8 Å². The predicted molar refractivity (Wildman–Crippen MR) is 76.6 cm³/mol. The smallest absolute Gasteiger partial charge is 0.0949 e. The van der Waals surface area contributed by atoms with Gasteiger partial charge in [0.1, 0.15) is 0 Å². The van der Waals surface area contributed by atoms with E-state index in [-0.39, 0.29) is 0 Å². The number of methoxy groups -OCH3 is 1. The van der Waals surface area contributed by atoms with Crippen molar-refractivity contribution >= 4 is 0 Å². The Hall–Kier alpha value is -0.910. The van der Waals surface area contributed by atoms with Crippen molar-refractivity contribution in [2.75, 3.05) is 40.0 Å². The summed E-state index contributed by atoms with van der Waals surface area (Å²) in [5.41, 5.74) is 2.59. The maximum atomic E-state index is 5.45. The Kier molecular flexibility index (Phi) is 4.38. The van der Waals surface area contributed by atoms with E-state index in [9.17, 15) is 0 Å².